The van der Waals surface area contributed by atoms with Crippen LogP contribution in [0.2, 0.25) is 0 Å². The van der Waals surface area contributed by atoms with Gasteiger partial charge < -0.3 is 4.74 Å². The molecule has 1 rings (SSSR count). The van der Waals surface area contributed by atoms with Gasteiger partial charge in [-0.3, -0.25) is 0 Å². The highest BCUT2D eigenvalue weighted by molar-refractivity contribution is 5.93. The van der Waals surface area contributed by atoms with Crippen LogP contribution in [0.4, 0.5) is 0 Å². The molecule has 0 fully saturated rings. The van der Waals surface area contributed by atoms with Crippen LogP contribution in [0.3, 0.4) is 0 Å². The average molecular weight is 201 g/mol. The standard InChI is InChI=1S/C12H11NO2/c1-15-12(14)11-8-3-2-6-10(11)7-4-5-9-13/h2-4,6-8H,5H2,1H3. The van der Waals surface area contributed by atoms with Crippen LogP contribution >= 0.6 is 0 Å². The van der Waals surface area contributed by atoms with Crippen LogP contribution < -0.4 is 0 Å². The van der Waals surface area contributed by atoms with Gasteiger partial charge in [0.05, 0.1) is 25.2 Å². The Hall–Kier alpha value is -2.08. The second kappa shape index (κ2) is 5.61. The Bertz CT molecular complexity index is 416. The fourth-order valence-corrected chi connectivity index (χ4v) is 1.18. The van der Waals surface area contributed by atoms with Gasteiger partial charge in [-0.1, -0.05) is 30.4 Å². The maximum absolute atomic E-state index is 11.3. The van der Waals surface area contributed by atoms with Gasteiger partial charge in [0.2, 0.25) is 0 Å². The molecule has 0 heterocycles. The van der Waals surface area contributed by atoms with Gasteiger partial charge in [-0.15, -0.1) is 0 Å². The minimum atomic E-state index is -0.368. The van der Waals surface area contributed by atoms with E-state index >= 15 is 0 Å². The van der Waals surface area contributed by atoms with Crippen molar-refractivity contribution in [2.75, 3.05) is 7.11 Å². The summed E-state index contributed by atoms with van der Waals surface area (Å²) in [5.41, 5.74) is 1.27. The van der Waals surface area contributed by atoms with Crippen molar-refractivity contribution in [3.8, 4) is 6.07 Å². The summed E-state index contributed by atoms with van der Waals surface area (Å²) in [7, 11) is 1.35. The molecule has 0 amide bonds. The second-order valence-electron chi connectivity index (χ2n) is 2.84. The molecule has 0 aliphatic carbocycles. The summed E-state index contributed by atoms with van der Waals surface area (Å²) in [4.78, 5) is 11.3. The number of nitriles is 1. The van der Waals surface area contributed by atoms with E-state index in [4.69, 9.17) is 5.26 Å². The lowest BCUT2D eigenvalue weighted by atomic mass is 10.1. The predicted octanol–water partition coefficient (Wildman–Crippen LogP) is 2.40. The Balaban J connectivity index is 2.97. The number of allylic oxidation sites excluding steroid dienone is 1. The van der Waals surface area contributed by atoms with Crippen molar-refractivity contribution >= 4 is 12.0 Å². The fraction of sp³-hybridized carbons (Fsp3) is 0.167. The molecular formula is C12H11NO2. The van der Waals surface area contributed by atoms with E-state index in [9.17, 15) is 4.79 Å². The molecule has 15 heavy (non-hydrogen) atoms. The molecule has 0 unspecified atom stereocenters. The maximum Gasteiger partial charge on any atom is 0.338 e. The second-order valence-corrected chi connectivity index (χ2v) is 2.84. The van der Waals surface area contributed by atoms with Crippen LogP contribution in [-0.4, -0.2) is 13.1 Å². The third-order valence-corrected chi connectivity index (χ3v) is 1.87. The number of carbonyl (C=O) groups is 1. The molecule has 0 radical (unpaired) electrons. The smallest absolute Gasteiger partial charge is 0.338 e. The van der Waals surface area contributed by atoms with Crippen LogP contribution in [0.15, 0.2) is 30.3 Å². The van der Waals surface area contributed by atoms with Gasteiger partial charge in [-0.2, -0.15) is 5.26 Å². The van der Waals surface area contributed by atoms with Crippen molar-refractivity contribution in [3.05, 3.63) is 41.5 Å². The summed E-state index contributed by atoms with van der Waals surface area (Å²) in [6.07, 6.45) is 3.78. The van der Waals surface area contributed by atoms with Gasteiger partial charge in [0.1, 0.15) is 0 Å². The molecule has 0 N–H and O–H groups in total. The molecule has 0 saturated carbocycles. The number of methoxy groups -OCH3 is 1. The van der Waals surface area contributed by atoms with Crippen molar-refractivity contribution in [3.63, 3.8) is 0 Å². The number of benzene rings is 1. The Labute approximate surface area is 88.6 Å². The summed E-state index contributed by atoms with van der Waals surface area (Å²) in [6, 6.07) is 9.10. The lowest BCUT2D eigenvalue weighted by Crippen LogP contribution is -2.02. The minimum absolute atomic E-state index is 0.329. The normalized spacial score (nSPS) is 9.87. The van der Waals surface area contributed by atoms with E-state index in [-0.39, 0.29) is 5.97 Å². The van der Waals surface area contributed by atoms with Crippen molar-refractivity contribution in [2.24, 2.45) is 0 Å². The Kier molecular flexibility index (Phi) is 4.11. The zero-order chi connectivity index (χ0) is 11.1. The average Bonchev–Trinajstić information content (AvgIpc) is 2.29. The predicted molar refractivity (Wildman–Crippen MR) is 57.0 cm³/mol. The van der Waals surface area contributed by atoms with E-state index in [2.05, 4.69) is 4.74 Å². The molecule has 1 aromatic carbocycles. The van der Waals surface area contributed by atoms with E-state index < -0.39 is 0 Å². The van der Waals surface area contributed by atoms with Gasteiger partial charge >= 0.3 is 5.97 Å². The van der Waals surface area contributed by atoms with Gasteiger partial charge in [-0.05, 0) is 11.6 Å². The van der Waals surface area contributed by atoms with E-state index in [1.165, 1.54) is 7.11 Å². The molecule has 0 bridgehead atoms. The summed E-state index contributed by atoms with van der Waals surface area (Å²) in [6.45, 7) is 0. The number of esters is 1. The maximum atomic E-state index is 11.3. The minimum Gasteiger partial charge on any atom is -0.465 e. The van der Waals surface area contributed by atoms with E-state index in [1.807, 2.05) is 12.1 Å². The molecule has 0 aromatic heterocycles. The van der Waals surface area contributed by atoms with Gasteiger partial charge in [-0.25, -0.2) is 4.79 Å². The van der Waals surface area contributed by atoms with E-state index in [0.29, 0.717) is 12.0 Å². The Morgan fingerprint density at radius 3 is 2.93 bits per heavy atom. The topological polar surface area (TPSA) is 50.1 Å². The Morgan fingerprint density at radius 2 is 2.27 bits per heavy atom. The van der Waals surface area contributed by atoms with E-state index in [1.54, 1.807) is 30.4 Å². The van der Waals surface area contributed by atoms with Crippen molar-refractivity contribution in [1.82, 2.24) is 0 Å². The molecule has 0 saturated heterocycles. The third-order valence-electron chi connectivity index (χ3n) is 1.87. The number of nitrogens with zero attached hydrogens (tertiary/aromatic N) is 1. The quantitative estimate of drug-likeness (QED) is 0.705. The Morgan fingerprint density at radius 1 is 1.53 bits per heavy atom. The molecular weight excluding hydrogens is 190 g/mol. The van der Waals surface area contributed by atoms with Crippen LogP contribution in [0.5, 0.6) is 0 Å². The van der Waals surface area contributed by atoms with Crippen LogP contribution in [0, 0.1) is 11.3 Å². The first-order valence-electron chi connectivity index (χ1n) is 4.50. The number of hydrogen-bond donors (Lipinski definition) is 0. The summed E-state index contributed by atoms with van der Waals surface area (Å²) < 4.78 is 4.65. The molecule has 1 aromatic rings. The molecule has 3 heteroatoms. The molecule has 0 aliphatic heterocycles. The number of carbonyl (C=O) groups excluding carboxylic acids is 1. The van der Waals surface area contributed by atoms with Gasteiger partial charge in [0.25, 0.3) is 0 Å². The number of hydrogen-bond acceptors (Lipinski definition) is 3. The fourth-order valence-electron chi connectivity index (χ4n) is 1.18. The summed E-state index contributed by atoms with van der Waals surface area (Å²) >= 11 is 0. The lowest BCUT2D eigenvalue weighted by molar-refractivity contribution is 0.0600. The highest BCUT2D eigenvalue weighted by atomic mass is 16.5. The highest BCUT2D eigenvalue weighted by Crippen LogP contribution is 2.12. The zero-order valence-electron chi connectivity index (χ0n) is 8.43. The first-order chi connectivity index (χ1) is 7.29. The first-order valence-corrected chi connectivity index (χ1v) is 4.50. The van der Waals surface area contributed by atoms with E-state index in [0.717, 1.165) is 5.56 Å². The van der Waals surface area contributed by atoms with Crippen LogP contribution in [-0.2, 0) is 4.74 Å². The van der Waals surface area contributed by atoms with Crippen LogP contribution in [0.1, 0.15) is 22.3 Å². The highest BCUT2D eigenvalue weighted by Gasteiger charge is 2.07. The van der Waals surface area contributed by atoms with Crippen molar-refractivity contribution < 1.29 is 9.53 Å². The van der Waals surface area contributed by atoms with Gasteiger partial charge in [0.15, 0.2) is 0 Å². The SMILES string of the molecule is COC(=O)c1ccccc1C=CCC#N. The zero-order valence-corrected chi connectivity index (χ0v) is 8.43. The molecule has 0 atom stereocenters. The van der Waals surface area contributed by atoms with Gasteiger partial charge in [0, 0.05) is 0 Å². The molecule has 3 nitrogen and oxygen atoms in total. The van der Waals surface area contributed by atoms with Crippen LogP contribution in [0.25, 0.3) is 6.08 Å². The van der Waals surface area contributed by atoms with Crippen molar-refractivity contribution in [1.29, 1.82) is 5.26 Å². The number of rotatable bonds is 3. The largest absolute Gasteiger partial charge is 0.465 e. The molecule has 0 aliphatic rings. The molecule has 0 spiro atoms. The number of ether oxygens (including phenoxy) is 1. The lowest BCUT2D eigenvalue weighted by Gasteiger charge is -2.02. The molecule has 76 valence electrons. The summed E-state index contributed by atoms with van der Waals surface area (Å²) in [5.74, 6) is -0.368. The monoisotopic (exact) mass is 201 g/mol. The van der Waals surface area contributed by atoms with Crippen molar-refractivity contribution in [2.45, 2.75) is 6.42 Å². The first kappa shape index (κ1) is 11.0. The third kappa shape index (κ3) is 2.96. The summed E-state index contributed by atoms with van der Waals surface area (Å²) in [5, 5.41) is 8.38.